The molecule has 0 fully saturated rings. The first-order chi connectivity index (χ1) is 10.7. The van der Waals surface area contributed by atoms with Gasteiger partial charge in [0, 0.05) is 24.5 Å². The smallest absolute Gasteiger partial charge is 0.251 e. The minimum atomic E-state index is -0.189. The van der Waals surface area contributed by atoms with Crippen molar-refractivity contribution in [3.63, 3.8) is 0 Å². The van der Waals surface area contributed by atoms with Crippen LogP contribution in [0.5, 0.6) is 11.5 Å². The van der Waals surface area contributed by atoms with Gasteiger partial charge in [-0.15, -0.1) is 0 Å². The molecule has 2 rings (SSSR count). The number of benzene rings is 1. The van der Waals surface area contributed by atoms with Crippen molar-refractivity contribution in [2.24, 2.45) is 0 Å². The van der Waals surface area contributed by atoms with Crippen molar-refractivity contribution in [3.8, 4) is 11.5 Å². The van der Waals surface area contributed by atoms with Crippen LogP contribution in [0.25, 0.3) is 0 Å². The van der Waals surface area contributed by atoms with Gasteiger partial charge in [-0.2, -0.15) is 0 Å². The maximum absolute atomic E-state index is 12.3. The zero-order valence-electron chi connectivity index (χ0n) is 12.4. The lowest BCUT2D eigenvalue weighted by Gasteiger charge is -2.13. The summed E-state index contributed by atoms with van der Waals surface area (Å²) in [5.41, 5.74) is 1.43. The van der Waals surface area contributed by atoms with E-state index in [1.807, 2.05) is 19.1 Å². The number of amides is 1. The van der Waals surface area contributed by atoms with Crippen molar-refractivity contribution in [2.75, 3.05) is 13.7 Å². The fourth-order valence-corrected chi connectivity index (χ4v) is 2.48. The highest BCUT2D eigenvalue weighted by molar-refractivity contribution is 9.10. The van der Waals surface area contributed by atoms with Crippen LogP contribution in [-0.4, -0.2) is 24.6 Å². The number of halogens is 1. The van der Waals surface area contributed by atoms with Crippen molar-refractivity contribution in [3.05, 3.63) is 52.3 Å². The maximum Gasteiger partial charge on any atom is 0.251 e. The van der Waals surface area contributed by atoms with E-state index in [-0.39, 0.29) is 5.91 Å². The third kappa shape index (κ3) is 3.98. The fourth-order valence-electron chi connectivity index (χ4n) is 1.92. The zero-order valence-corrected chi connectivity index (χ0v) is 14.0. The summed E-state index contributed by atoms with van der Waals surface area (Å²) in [5.74, 6) is 0.919. The number of nitrogens with zero attached hydrogens (tertiary/aromatic N) is 1. The second kappa shape index (κ2) is 7.79. The average molecular weight is 365 g/mol. The molecule has 22 heavy (non-hydrogen) atoms. The third-order valence-electron chi connectivity index (χ3n) is 2.96. The number of rotatable bonds is 6. The third-order valence-corrected chi connectivity index (χ3v) is 3.55. The molecule has 0 unspecified atom stereocenters. The molecular formula is C16H17BrN2O3. The molecule has 0 radical (unpaired) electrons. The van der Waals surface area contributed by atoms with Gasteiger partial charge < -0.3 is 14.8 Å². The summed E-state index contributed by atoms with van der Waals surface area (Å²) in [5, 5.41) is 2.85. The predicted octanol–water partition coefficient (Wildman–Crippen LogP) is 3.18. The molecule has 0 spiro atoms. The minimum absolute atomic E-state index is 0.189. The lowest BCUT2D eigenvalue weighted by molar-refractivity contribution is 0.0950. The van der Waals surface area contributed by atoms with Crippen molar-refractivity contribution in [1.29, 1.82) is 0 Å². The van der Waals surface area contributed by atoms with Gasteiger partial charge in [-0.3, -0.25) is 9.78 Å². The molecule has 5 nitrogen and oxygen atoms in total. The number of ether oxygens (including phenoxy) is 2. The molecule has 0 saturated carbocycles. The summed E-state index contributed by atoms with van der Waals surface area (Å²) in [6.07, 6.45) is 3.41. The Bertz CT molecular complexity index is 647. The van der Waals surface area contributed by atoms with Gasteiger partial charge in [0.2, 0.25) is 0 Å². The molecule has 0 saturated heterocycles. The SMILES string of the molecule is CCOc1c(Br)cc(C(=O)NCc2cccnc2)cc1OC. The molecule has 6 heteroatoms. The molecule has 1 heterocycles. The summed E-state index contributed by atoms with van der Waals surface area (Å²) in [6, 6.07) is 7.11. The van der Waals surface area contributed by atoms with E-state index in [2.05, 4.69) is 26.2 Å². The fraction of sp³-hybridized carbons (Fsp3) is 0.250. The van der Waals surface area contributed by atoms with Crippen molar-refractivity contribution in [2.45, 2.75) is 13.5 Å². The second-order valence-electron chi connectivity index (χ2n) is 4.47. The van der Waals surface area contributed by atoms with Crippen molar-refractivity contribution in [1.82, 2.24) is 10.3 Å². The molecule has 116 valence electrons. The quantitative estimate of drug-likeness (QED) is 0.854. The van der Waals surface area contributed by atoms with Crippen LogP contribution in [0.2, 0.25) is 0 Å². The highest BCUT2D eigenvalue weighted by Crippen LogP contribution is 2.36. The number of hydrogen-bond donors (Lipinski definition) is 1. The van der Waals surface area contributed by atoms with Gasteiger partial charge in [-0.25, -0.2) is 0 Å². The molecule has 0 aliphatic carbocycles. The Labute approximate surface area is 137 Å². The average Bonchev–Trinajstić information content (AvgIpc) is 2.55. The lowest BCUT2D eigenvalue weighted by Crippen LogP contribution is -2.23. The number of methoxy groups -OCH3 is 1. The summed E-state index contributed by atoms with van der Waals surface area (Å²) >= 11 is 3.41. The Hall–Kier alpha value is -2.08. The van der Waals surface area contributed by atoms with Gasteiger partial charge in [0.15, 0.2) is 11.5 Å². The van der Waals surface area contributed by atoms with Crippen molar-refractivity contribution < 1.29 is 14.3 Å². The number of aromatic nitrogens is 1. The van der Waals surface area contributed by atoms with Gasteiger partial charge in [0.1, 0.15) is 0 Å². The Morgan fingerprint density at radius 3 is 2.86 bits per heavy atom. The van der Waals surface area contributed by atoms with Gasteiger partial charge >= 0.3 is 0 Å². The van der Waals surface area contributed by atoms with E-state index in [1.54, 1.807) is 31.6 Å². The first kappa shape index (κ1) is 16.3. The minimum Gasteiger partial charge on any atom is -0.493 e. The zero-order chi connectivity index (χ0) is 15.9. The van der Waals surface area contributed by atoms with E-state index in [9.17, 15) is 4.79 Å². The number of nitrogens with one attached hydrogen (secondary N) is 1. The first-order valence-electron chi connectivity index (χ1n) is 6.83. The molecule has 2 aromatic rings. The van der Waals surface area contributed by atoms with Crippen molar-refractivity contribution >= 4 is 21.8 Å². The Kier molecular flexibility index (Phi) is 5.77. The van der Waals surface area contributed by atoms with Crippen LogP contribution in [0.3, 0.4) is 0 Å². The van der Waals surface area contributed by atoms with Crippen LogP contribution < -0.4 is 14.8 Å². The van der Waals surface area contributed by atoms with Crippen LogP contribution in [0.1, 0.15) is 22.8 Å². The van der Waals surface area contributed by atoms with E-state index in [0.29, 0.717) is 34.7 Å². The molecule has 0 aliphatic rings. The predicted molar refractivity (Wildman–Crippen MR) is 87.3 cm³/mol. The summed E-state index contributed by atoms with van der Waals surface area (Å²) < 4.78 is 11.5. The maximum atomic E-state index is 12.3. The summed E-state index contributed by atoms with van der Waals surface area (Å²) in [7, 11) is 1.54. The molecule has 0 bridgehead atoms. The molecule has 1 aromatic heterocycles. The first-order valence-corrected chi connectivity index (χ1v) is 7.62. The number of pyridine rings is 1. The molecule has 1 aromatic carbocycles. The van der Waals surface area contributed by atoms with Gasteiger partial charge in [0.05, 0.1) is 18.2 Å². The molecule has 0 atom stereocenters. The molecule has 1 amide bonds. The van der Waals surface area contributed by atoms with E-state index >= 15 is 0 Å². The highest BCUT2D eigenvalue weighted by atomic mass is 79.9. The van der Waals surface area contributed by atoms with Crippen LogP contribution in [-0.2, 0) is 6.54 Å². The number of carbonyl (C=O) groups excluding carboxylic acids is 1. The number of hydrogen-bond acceptors (Lipinski definition) is 4. The largest absolute Gasteiger partial charge is 0.493 e. The van der Waals surface area contributed by atoms with Gasteiger partial charge in [-0.1, -0.05) is 6.07 Å². The topological polar surface area (TPSA) is 60.5 Å². The Morgan fingerprint density at radius 1 is 1.41 bits per heavy atom. The molecular weight excluding hydrogens is 348 g/mol. The van der Waals surface area contributed by atoms with E-state index in [1.165, 1.54) is 0 Å². The Balaban J connectivity index is 2.14. The van der Waals surface area contributed by atoms with E-state index in [0.717, 1.165) is 5.56 Å². The van der Waals surface area contributed by atoms with Gasteiger partial charge in [-0.05, 0) is 46.6 Å². The van der Waals surface area contributed by atoms with Crippen LogP contribution in [0, 0.1) is 0 Å². The molecule has 1 N–H and O–H groups in total. The van der Waals surface area contributed by atoms with Crippen LogP contribution in [0.4, 0.5) is 0 Å². The Morgan fingerprint density at radius 2 is 2.23 bits per heavy atom. The van der Waals surface area contributed by atoms with Crippen LogP contribution >= 0.6 is 15.9 Å². The summed E-state index contributed by atoms with van der Waals surface area (Å²) in [6.45, 7) is 2.82. The normalized spacial score (nSPS) is 10.1. The van der Waals surface area contributed by atoms with Gasteiger partial charge in [0.25, 0.3) is 5.91 Å². The summed E-state index contributed by atoms with van der Waals surface area (Å²) in [4.78, 5) is 16.3. The second-order valence-corrected chi connectivity index (χ2v) is 5.32. The van der Waals surface area contributed by atoms with E-state index in [4.69, 9.17) is 9.47 Å². The number of carbonyl (C=O) groups is 1. The monoisotopic (exact) mass is 364 g/mol. The standard InChI is InChI=1S/C16H17BrN2O3/c1-3-22-15-13(17)7-12(8-14(15)21-2)16(20)19-10-11-5-4-6-18-9-11/h4-9H,3,10H2,1-2H3,(H,19,20). The molecule has 0 aliphatic heterocycles. The van der Waals surface area contributed by atoms with Crippen LogP contribution in [0.15, 0.2) is 41.1 Å². The lowest BCUT2D eigenvalue weighted by atomic mass is 10.2. The highest BCUT2D eigenvalue weighted by Gasteiger charge is 2.15. The van der Waals surface area contributed by atoms with E-state index < -0.39 is 0 Å².